The first kappa shape index (κ1) is 19.3. The minimum absolute atomic E-state index is 0.113. The van der Waals surface area contributed by atoms with Crippen LogP contribution in [0, 0.1) is 27.7 Å². The molecule has 0 atom stereocenters. The summed E-state index contributed by atoms with van der Waals surface area (Å²) in [7, 11) is 0. The molecular formula is C20H20N2O6. The van der Waals surface area contributed by atoms with Gasteiger partial charge in [0.05, 0.1) is 11.4 Å². The van der Waals surface area contributed by atoms with Gasteiger partial charge in [-0.15, -0.1) is 0 Å². The maximum Gasteiger partial charge on any atom is 0.344 e. The summed E-state index contributed by atoms with van der Waals surface area (Å²) in [6.45, 7) is 6.92. The number of aryl methyl sites for hydroxylation is 4. The van der Waals surface area contributed by atoms with Crippen molar-refractivity contribution in [3.63, 3.8) is 0 Å². The zero-order valence-corrected chi connectivity index (χ0v) is 16.1. The van der Waals surface area contributed by atoms with Gasteiger partial charge >= 0.3 is 11.9 Å². The number of ether oxygens (including phenoxy) is 2. The van der Waals surface area contributed by atoms with Crippen molar-refractivity contribution in [1.82, 2.24) is 10.3 Å². The van der Waals surface area contributed by atoms with Crippen molar-refractivity contribution in [3.05, 3.63) is 69.4 Å². The van der Waals surface area contributed by atoms with Gasteiger partial charge in [0.25, 0.3) is 0 Å². The van der Waals surface area contributed by atoms with Crippen molar-refractivity contribution in [3.8, 4) is 0 Å². The molecule has 28 heavy (non-hydrogen) atoms. The first-order chi connectivity index (χ1) is 13.4. The Morgan fingerprint density at radius 3 is 1.39 bits per heavy atom. The molecule has 0 aliphatic rings. The third-order valence-corrected chi connectivity index (χ3v) is 4.24. The van der Waals surface area contributed by atoms with Crippen LogP contribution in [0.2, 0.25) is 0 Å². The van der Waals surface area contributed by atoms with E-state index in [1.807, 2.05) is 0 Å². The molecular weight excluding hydrogens is 364 g/mol. The van der Waals surface area contributed by atoms with Gasteiger partial charge in [0.15, 0.2) is 0 Å². The molecule has 0 N–H and O–H groups in total. The summed E-state index contributed by atoms with van der Waals surface area (Å²) < 4.78 is 20.6. The summed E-state index contributed by atoms with van der Waals surface area (Å²) in [5, 5.41) is 7.48. The number of carbonyl (C=O) groups is 2. The molecule has 0 saturated carbocycles. The molecule has 0 bridgehead atoms. The second-order valence-corrected chi connectivity index (χ2v) is 6.37. The van der Waals surface area contributed by atoms with Crippen molar-refractivity contribution >= 4 is 11.9 Å². The number of hydrogen-bond acceptors (Lipinski definition) is 8. The maximum absolute atomic E-state index is 12.1. The van der Waals surface area contributed by atoms with Crippen LogP contribution >= 0.6 is 0 Å². The normalized spacial score (nSPS) is 10.7. The van der Waals surface area contributed by atoms with Crippen molar-refractivity contribution in [2.75, 3.05) is 0 Å². The van der Waals surface area contributed by atoms with Crippen molar-refractivity contribution in [2.24, 2.45) is 0 Å². The lowest BCUT2D eigenvalue weighted by Crippen LogP contribution is -2.08. The van der Waals surface area contributed by atoms with Crippen LogP contribution in [0.15, 0.2) is 33.3 Å². The van der Waals surface area contributed by atoms with E-state index in [9.17, 15) is 9.59 Å². The molecule has 0 saturated heterocycles. The van der Waals surface area contributed by atoms with E-state index in [-0.39, 0.29) is 13.2 Å². The van der Waals surface area contributed by atoms with E-state index in [1.165, 1.54) is 0 Å². The highest BCUT2D eigenvalue weighted by molar-refractivity contribution is 5.92. The summed E-state index contributed by atoms with van der Waals surface area (Å²) >= 11 is 0. The van der Waals surface area contributed by atoms with Crippen molar-refractivity contribution in [1.29, 1.82) is 0 Å². The summed E-state index contributed by atoms with van der Waals surface area (Å²) in [6.07, 6.45) is 0. The summed E-state index contributed by atoms with van der Waals surface area (Å²) in [5.74, 6) is -0.0987. The van der Waals surface area contributed by atoms with Gasteiger partial charge in [-0.2, -0.15) is 0 Å². The lowest BCUT2D eigenvalue weighted by atomic mass is 10.1. The zero-order valence-electron chi connectivity index (χ0n) is 16.1. The molecule has 0 spiro atoms. The summed E-state index contributed by atoms with van der Waals surface area (Å²) in [4.78, 5) is 24.3. The Kier molecular flexibility index (Phi) is 5.58. The Morgan fingerprint density at radius 2 is 1.11 bits per heavy atom. The number of nitrogens with zero attached hydrogens (tertiary/aromatic N) is 2. The van der Waals surface area contributed by atoms with Crippen LogP contribution in [0.5, 0.6) is 0 Å². The Labute approximate surface area is 161 Å². The number of rotatable bonds is 6. The molecule has 0 amide bonds. The third-order valence-electron chi connectivity index (χ3n) is 4.24. The Hall–Kier alpha value is -3.42. The quantitative estimate of drug-likeness (QED) is 0.594. The lowest BCUT2D eigenvalue weighted by Gasteiger charge is -2.07. The van der Waals surface area contributed by atoms with Crippen LogP contribution in [0.25, 0.3) is 0 Å². The fourth-order valence-electron chi connectivity index (χ4n) is 2.72. The highest BCUT2D eigenvalue weighted by Gasteiger charge is 2.20. The molecule has 8 heteroatoms. The van der Waals surface area contributed by atoms with Crippen molar-refractivity contribution in [2.45, 2.75) is 40.9 Å². The minimum atomic E-state index is -0.478. The van der Waals surface area contributed by atoms with E-state index in [4.69, 9.17) is 18.5 Å². The molecule has 2 aromatic heterocycles. The predicted molar refractivity (Wildman–Crippen MR) is 96.6 cm³/mol. The van der Waals surface area contributed by atoms with Gasteiger partial charge in [-0.05, 0) is 38.8 Å². The SMILES string of the molecule is Cc1noc(C)c1C(=O)OCc1ccc(COC(=O)c2c(C)noc2C)cc1. The van der Waals surface area contributed by atoms with E-state index in [2.05, 4.69) is 10.3 Å². The molecule has 3 aromatic rings. The van der Waals surface area contributed by atoms with E-state index in [0.717, 1.165) is 11.1 Å². The number of aromatic nitrogens is 2. The third kappa shape index (κ3) is 4.11. The average Bonchev–Trinajstić information content (AvgIpc) is 3.19. The van der Waals surface area contributed by atoms with Crippen LogP contribution in [-0.4, -0.2) is 22.3 Å². The second-order valence-electron chi connectivity index (χ2n) is 6.37. The molecule has 0 radical (unpaired) electrons. The first-order valence-corrected chi connectivity index (χ1v) is 8.64. The number of benzene rings is 1. The van der Waals surface area contributed by atoms with Gasteiger partial charge in [-0.25, -0.2) is 9.59 Å². The fraction of sp³-hybridized carbons (Fsp3) is 0.300. The van der Waals surface area contributed by atoms with Crippen molar-refractivity contribution < 1.29 is 28.1 Å². The van der Waals surface area contributed by atoms with E-state index >= 15 is 0 Å². The number of carbonyl (C=O) groups excluding carboxylic acids is 2. The van der Waals surface area contributed by atoms with Crippen LogP contribution in [0.3, 0.4) is 0 Å². The topological polar surface area (TPSA) is 105 Å². The van der Waals surface area contributed by atoms with E-state index < -0.39 is 11.9 Å². The Balaban J connectivity index is 1.54. The zero-order chi connectivity index (χ0) is 20.3. The van der Waals surface area contributed by atoms with Crippen LogP contribution in [0.4, 0.5) is 0 Å². The van der Waals surface area contributed by atoms with Gasteiger partial charge in [0, 0.05) is 0 Å². The molecule has 146 valence electrons. The Bertz CT molecular complexity index is 880. The fourth-order valence-corrected chi connectivity index (χ4v) is 2.72. The molecule has 0 aliphatic carbocycles. The molecule has 8 nitrogen and oxygen atoms in total. The van der Waals surface area contributed by atoms with Gasteiger partial charge in [0.2, 0.25) is 0 Å². The van der Waals surface area contributed by atoms with Crippen LogP contribution < -0.4 is 0 Å². The maximum atomic E-state index is 12.1. The van der Waals surface area contributed by atoms with E-state index in [0.29, 0.717) is 34.0 Å². The largest absolute Gasteiger partial charge is 0.457 e. The summed E-state index contributed by atoms with van der Waals surface area (Å²) in [6, 6.07) is 7.22. The molecule has 0 unspecified atom stereocenters. The molecule has 1 aromatic carbocycles. The molecule has 0 fully saturated rings. The van der Waals surface area contributed by atoms with Gasteiger partial charge in [-0.1, -0.05) is 34.6 Å². The minimum Gasteiger partial charge on any atom is -0.457 e. The lowest BCUT2D eigenvalue weighted by molar-refractivity contribution is 0.0457. The number of hydrogen-bond donors (Lipinski definition) is 0. The number of esters is 2. The van der Waals surface area contributed by atoms with Crippen LogP contribution in [-0.2, 0) is 22.7 Å². The van der Waals surface area contributed by atoms with E-state index in [1.54, 1.807) is 52.0 Å². The Morgan fingerprint density at radius 1 is 0.750 bits per heavy atom. The van der Waals surface area contributed by atoms with Crippen LogP contribution in [0.1, 0.15) is 54.8 Å². The molecule has 0 aliphatic heterocycles. The monoisotopic (exact) mass is 384 g/mol. The predicted octanol–water partition coefficient (Wildman–Crippen LogP) is 3.61. The molecule has 2 heterocycles. The molecule has 3 rings (SSSR count). The van der Waals surface area contributed by atoms with Gasteiger partial charge in [0.1, 0.15) is 35.9 Å². The highest BCUT2D eigenvalue weighted by Crippen LogP contribution is 2.16. The smallest absolute Gasteiger partial charge is 0.344 e. The standard InChI is InChI=1S/C20H20N2O6/c1-11-17(13(3)27-21-11)19(23)25-9-15-5-7-16(8-6-15)10-26-20(24)18-12(2)22-28-14(18)4/h5-8H,9-10H2,1-4H3. The average molecular weight is 384 g/mol. The first-order valence-electron chi connectivity index (χ1n) is 8.64. The second kappa shape index (κ2) is 8.08. The van der Waals surface area contributed by atoms with Gasteiger partial charge in [-0.3, -0.25) is 0 Å². The highest BCUT2D eigenvalue weighted by atomic mass is 16.5. The van der Waals surface area contributed by atoms with Gasteiger partial charge < -0.3 is 18.5 Å². The summed E-state index contributed by atoms with van der Waals surface area (Å²) in [5.41, 5.74) is 3.31.